The number of rotatable bonds is 5. The van der Waals surface area contributed by atoms with Crippen LogP contribution in [0.4, 0.5) is 0 Å². The molecule has 0 saturated carbocycles. The predicted molar refractivity (Wildman–Crippen MR) is 186 cm³/mol. The largest absolute Gasteiger partial charge is 0.457 e. The Balaban J connectivity index is 1.21. The summed E-state index contributed by atoms with van der Waals surface area (Å²) in [6, 6.07) is 44.3. The Hall–Kier alpha value is -5.68. The Labute approximate surface area is 268 Å². The first-order valence-corrected chi connectivity index (χ1v) is 15.6. The predicted octanol–water partition coefficient (Wildman–Crippen LogP) is 9.50. The molecule has 0 atom stereocenters. The van der Waals surface area contributed by atoms with Crippen LogP contribution in [-0.2, 0) is 12.5 Å². The Bertz CT molecular complexity index is 2410. The summed E-state index contributed by atoms with van der Waals surface area (Å²) < 4.78 is 13.0. The summed E-state index contributed by atoms with van der Waals surface area (Å²) in [4.78, 5) is 4.82. The van der Waals surface area contributed by atoms with E-state index in [4.69, 9.17) is 9.72 Å². The highest BCUT2D eigenvalue weighted by molar-refractivity contribution is 6.09. The van der Waals surface area contributed by atoms with E-state index in [-0.39, 0.29) is 5.41 Å². The van der Waals surface area contributed by atoms with E-state index in [1.807, 2.05) is 23.9 Å². The highest BCUT2D eigenvalue weighted by atomic mass is 16.5. The molecule has 0 unspecified atom stereocenters. The lowest BCUT2D eigenvalue weighted by molar-refractivity contribution is -0.649. The van der Waals surface area contributed by atoms with Crippen molar-refractivity contribution in [1.29, 1.82) is 0 Å². The molecule has 0 saturated heterocycles. The third-order valence-electron chi connectivity index (χ3n) is 8.75. The van der Waals surface area contributed by atoms with Gasteiger partial charge in [0.15, 0.2) is 0 Å². The van der Waals surface area contributed by atoms with Crippen LogP contribution in [0, 0.1) is 6.33 Å². The number of para-hydroxylation sites is 4. The van der Waals surface area contributed by atoms with Crippen LogP contribution in [0.15, 0.2) is 134 Å². The molecule has 5 nitrogen and oxygen atoms in total. The van der Waals surface area contributed by atoms with Crippen LogP contribution >= 0.6 is 0 Å². The van der Waals surface area contributed by atoms with E-state index in [1.54, 1.807) is 0 Å². The molecule has 8 rings (SSSR count). The van der Waals surface area contributed by atoms with Gasteiger partial charge in [0.1, 0.15) is 17.3 Å². The molecule has 0 N–H and O–H groups in total. The van der Waals surface area contributed by atoms with Gasteiger partial charge in [-0.1, -0.05) is 99.6 Å². The molecule has 0 spiro atoms. The smallest absolute Gasteiger partial charge is 0.244 e. The van der Waals surface area contributed by atoms with Gasteiger partial charge in [-0.2, -0.15) is 0 Å². The van der Waals surface area contributed by atoms with E-state index in [0.717, 1.165) is 61.6 Å². The molecule has 5 aromatic carbocycles. The second kappa shape index (κ2) is 10.7. The van der Waals surface area contributed by atoms with Gasteiger partial charge in [-0.05, 0) is 64.6 Å². The molecular weight excluding hydrogens is 564 g/mol. The van der Waals surface area contributed by atoms with Gasteiger partial charge in [0.2, 0.25) is 6.33 Å². The number of hydrogen-bond donors (Lipinski definition) is 0. The number of imidazole rings is 1. The van der Waals surface area contributed by atoms with Crippen LogP contribution in [0.3, 0.4) is 0 Å². The Morgan fingerprint density at radius 1 is 0.674 bits per heavy atom. The number of hydrogen-bond acceptors (Lipinski definition) is 2. The van der Waals surface area contributed by atoms with Crippen molar-refractivity contribution in [2.24, 2.45) is 7.05 Å². The summed E-state index contributed by atoms with van der Waals surface area (Å²) in [5, 5.41) is 2.35. The maximum Gasteiger partial charge on any atom is 0.244 e. The van der Waals surface area contributed by atoms with E-state index in [2.05, 4.69) is 158 Å². The maximum atomic E-state index is 6.58. The average Bonchev–Trinajstić information content (AvgIpc) is 3.59. The number of aryl methyl sites for hydroxylation is 1. The summed E-state index contributed by atoms with van der Waals surface area (Å²) in [7, 11) is 2.03. The summed E-state index contributed by atoms with van der Waals surface area (Å²) in [6.45, 7) is 6.69. The lowest BCUT2D eigenvalue weighted by atomic mass is 9.88. The highest BCUT2D eigenvalue weighted by Crippen LogP contribution is 2.37. The zero-order chi connectivity index (χ0) is 31.4. The summed E-state index contributed by atoms with van der Waals surface area (Å²) in [5.74, 6) is 2.44. The van der Waals surface area contributed by atoms with Crippen molar-refractivity contribution in [1.82, 2.24) is 14.1 Å². The van der Waals surface area contributed by atoms with Crippen LogP contribution in [0.5, 0.6) is 11.5 Å². The number of aromatic nitrogens is 4. The second-order valence-electron chi connectivity index (χ2n) is 12.8. The highest BCUT2D eigenvalue weighted by Gasteiger charge is 2.18. The summed E-state index contributed by atoms with van der Waals surface area (Å²) >= 11 is 0. The van der Waals surface area contributed by atoms with E-state index >= 15 is 0 Å². The van der Waals surface area contributed by atoms with E-state index < -0.39 is 0 Å². The van der Waals surface area contributed by atoms with Crippen LogP contribution in [-0.4, -0.2) is 14.1 Å². The second-order valence-corrected chi connectivity index (χ2v) is 12.8. The fraction of sp³-hybridized carbons (Fsp3) is 0.122. The average molecular weight is 599 g/mol. The molecule has 0 aliphatic heterocycles. The van der Waals surface area contributed by atoms with Gasteiger partial charge in [-0.3, -0.25) is 4.57 Å². The zero-order valence-corrected chi connectivity index (χ0v) is 26.4. The number of pyridine rings is 1. The van der Waals surface area contributed by atoms with Gasteiger partial charge in [0, 0.05) is 23.0 Å². The van der Waals surface area contributed by atoms with Crippen molar-refractivity contribution in [3.63, 3.8) is 0 Å². The van der Waals surface area contributed by atoms with Crippen molar-refractivity contribution in [2.45, 2.75) is 26.2 Å². The Morgan fingerprint density at radius 2 is 1.41 bits per heavy atom. The third kappa shape index (κ3) is 4.72. The first kappa shape index (κ1) is 27.8. The molecular formula is C41H34N4O. The van der Waals surface area contributed by atoms with Crippen LogP contribution < -0.4 is 9.30 Å². The quantitative estimate of drug-likeness (QED) is 0.146. The Morgan fingerprint density at radius 3 is 2.28 bits per heavy atom. The monoisotopic (exact) mass is 598 g/mol. The fourth-order valence-electron chi connectivity index (χ4n) is 6.42. The minimum atomic E-state index is 0.0124. The molecule has 8 aromatic rings. The number of fused-ring (bicyclic) bond motifs is 4. The standard InChI is InChI=1S/C41H34N4O/c1-41(2,3)29-22-23-42-40(25-29)45-36-17-8-6-15-33(36)34-21-20-31(26-39(34)45)46-30-13-11-12-28(24-30)32-14-5-7-16-35(32)44-27-43(4)37-18-9-10-19-38(37)44/h5-26H,1-4H3. The van der Waals surface area contributed by atoms with Crippen molar-refractivity contribution in [3.8, 4) is 34.1 Å². The lowest BCUT2D eigenvalue weighted by Gasteiger charge is -2.20. The van der Waals surface area contributed by atoms with Crippen molar-refractivity contribution in [3.05, 3.63) is 145 Å². The number of nitrogens with zero attached hydrogens (tertiary/aromatic N) is 4. The minimum Gasteiger partial charge on any atom is -0.457 e. The van der Waals surface area contributed by atoms with E-state index in [9.17, 15) is 0 Å². The van der Waals surface area contributed by atoms with Crippen molar-refractivity contribution >= 4 is 32.8 Å². The number of ether oxygens (including phenoxy) is 1. The topological polar surface area (TPSA) is 35.9 Å². The summed E-state index contributed by atoms with van der Waals surface area (Å²) in [6.07, 6.45) is 5.40. The van der Waals surface area contributed by atoms with E-state index in [0.29, 0.717) is 0 Å². The van der Waals surface area contributed by atoms with Crippen LogP contribution in [0.2, 0.25) is 0 Å². The van der Waals surface area contributed by atoms with Gasteiger partial charge >= 0.3 is 0 Å². The summed E-state index contributed by atoms with van der Waals surface area (Å²) in [5.41, 5.74) is 8.90. The van der Waals surface area contributed by atoms with Crippen LogP contribution in [0.25, 0.3) is 55.5 Å². The fourth-order valence-corrected chi connectivity index (χ4v) is 6.42. The molecule has 3 aromatic heterocycles. The van der Waals surface area contributed by atoms with Gasteiger partial charge in [0.25, 0.3) is 0 Å². The third-order valence-corrected chi connectivity index (χ3v) is 8.75. The first-order chi connectivity index (χ1) is 22.3. The van der Waals surface area contributed by atoms with E-state index in [1.165, 1.54) is 10.9 Å². The van der Waals surface area contributed by atoms with Gasteiger partial charge in [-0.15, -0.1) is 0 Å². The first-order valence-electron chi connectivity index (χ1n) is 15.6. The molecule has 0 aliphatic rings. The van der Waals surface area contributed by atoms with Crippen molar-refractivity contribution in [2.75, 3.05) is 0 Å². The molecule has 0 bridgehead atoms. The maximum absolute atomic E-state index is 6.58. The molecule has 0 amide bonds. The van der Waals surface area contributed by atoms with Gasteiger partial charge in [-0.25, -0.2) is 4.98 Å². The minimum absolute atomic E-state index is 0.0124. The zero-order valence-electron chi connectivity index (χ0n) is 26.4. The molecule has 0 aliphatic carbocycles. The molecule has 3 heterocycles. The molecule has 46 heavy (non-hydrogen) atoms. The van der Waals surface area contributed by atoms with Crippen LogP contribution in [0.1, 0.15) is 26.3 Å². The lowest BCUT2D eigenvalue weighted by Crippen LogP contribution is -2.26. The molecule has 224 valence electrons. The molecule has 0 fully saturated rings. The van der Waals surface area contributed by atoms with Gasteiger partial charge < -0.3 is 13.9 Å². The Kier molecular flexibility index (Phi) is 6.50. The molecule has 0 radical (unpaired) electrons. The SMILES string of the molecule is C[n+]1[c-]n(-c2ccccc2-c2cccc(Oc3ccc4c5ccccc5n(-c5cc(C(C)(C)C)ccn5)c4c3)c2)c2ccccc21. The number of benzene rings is 5. The van der Waals surface area contributed by atoms with Crippen molar-refractivity contribution < 1.29 is 9.30 Å². The molecule has 5 heteroatoms. The normalized spacial score (nSPS) is 11.9. The van der Waals surface area contributed by atoms with Gasteiger partial charge in [0.05, 0.1) is 34.8 Å².